The van der Waals surface area contributed by atoms with E-state index in [9.17, 15) is 13.2 Å². The number of alkyl halides is 3. The van der Waals surface area contributed by atoms with Crippen LogP contribution in [0.5, 0.6) is 0 Å². The zero-order valence-electron chi connectivity index (χ0n) is 8.28. The molecule has 0 saturated heterocycles. The summed E-state index contributed by atoms with van der Waals surface area (Å²) in [4.78, 5) is 13.5. The van der Waals surface area contributed by atoms with Crippen LogP contribution in [0.2, 0.25) is 0 Å². The van der Waals surface area contributed by atoms with Gasteiger partial charge in [-0.3, -0.25) is 0 Å². The SMILES string of the molecule is FC(F)(F)c1nc2nc3ncccc3cc2[nH]1. The number of fused-ring (bicyclic) bond motifs is 2. The number of nitrogens with one attached hydrogen (secondary N) is 1. The molecule has 86 valence electrons. The summed E-state index contributed by atoms with van der Waals surface area (Å²) in [5.74, 6) is -1.05. The Morgan fingerprint density at radius 2 is 1.94 bits per heavy atom. The summed E-state index contributed by atoms with van der Waals surface area (Å²) in [5, 5.41) is 0.664. The van der Waals surface area contributed by atoms with Gasteiger partial charge in [0.2, 0.25) is 5.82 Å². The number of nitrogens with zero attached hydrogens (tertiary/aromatic N) is 3. The Kier molecular flexibility index (Phi) is 1.86. The molecule has 0 bridgehead atoms. The molecular formula is C10H5F3N4. The van der Waals surface area contributed by atoms with E-state index in [0.29, 0.717) is 11.0 Å². The molecule has 3 aromatic rings. The van der Waals surface area contributed by atoms with Gasteiger partial charge in [-0.05, 0) is 18.2 Å². The Labute approximate surface area is 92.5 Å². The van der Waals surface area contributed by atoms with Crippen molar-refractivity contribution < 1.29 is 13.2 Å². The molecule has 0 amide bonds. The second kappa shape index (κ2) is 3.16. The standard InChI is InChI=1S/C10H5F3N4/c11-10(12,13)9-15-6-4-5-2-1-3-14-7(5)16-8(6)17-9/h1-4H,(H,14,15,16,17). The van der Waals surface area contributed by atoms with Crippen molar-refractivity contribution in [3.8, 4) is 0 Å². The van der Waals surface area contributed by atoms with Crippen molar-refractivity contribution in [1.29, 1.82) is 0 Å². The maximum absolute atomic E-state index is 12.4. The molecule has 0 saturated carbocycles. The number of H-pyrrole nitrogens is 1. The third-order valence-electron chi connectivity index (χ3n) is 2.31. The van der Waals surface area contributed by atoms with Gasteiger partial charge in [0.1, 0.15) is 0 Å². The van der Waals surface area contributed by atoms with Crippen molar-refractivity contribution in [2.24, 2.45) is 0 Å². The fraction of sp³-hybridized carbons (Fsp3) is 0.100. The molecule has 0 atom stereocenters. The summed E-state index contributed by atoms with van der Waals surface area (Å²) in [6, 6.07) is 4.96. The molecule has 17 heavy (non-hydrogen) atoms. The molecule has 0 aromatic carbocycles. The average Bonchev–Trinajstić information content (AvgIpc) is 2.68. The quantitative estimate of drug-likeness (QED) is 0.654. The lowest BCUT2D eigenvalue weighted by atomic mass is 10.3. The first-order valence-electron chi connectivity index (χ1n) is 4.73. The molecule has 0 unspecified atom stereocenters. The van der Waals surface area contributed by atoms with E-state index < -0.39 is 12.0 Å². The molecule has 3 heterocycles. The van der Waals surface area contributed by atoms with Crippen LogP contribution in [-0.4, -0.2) is 19.9 Å². The molecule has 4 nitrogen and oxygen atoms in total. The van der Waals surface area contributed by atoms with Crippen LogP contribution < -0.4 is 0 Å². The number of imidazole rings is 1. The fourth-order valence-electron chi connectivity index (χ4n) is 1.57. The summed E-state index contributed by atoms with van der Waals surface area (Å²) in [6.45, 7) is 0. The van der Waals surface area contributed by atoms with Gasteiger partial charge in [-0.2, -0.15) is 13.2 Å². The zero-order chi connectivity index (χ0) is 12.0. The molecule has 0 aliphatic carbocycles. The van der Waals surface area contributed by atoms with Gasteiger partial charge >= 0.3 is 6.18 Å². The lowest BCUT2D eigenvalue weighted by Gasteiger charge is -1.98. The van der Waals surface area contributed by atoms with E-state index in [1.807, 2.05) is 0 Å². The Morgan fingerprint density at radius 1 is 1.12 bits per heavy atom. The highest BCUT2D eigenvalue weighted by Gasteiger charge is 2.35. The van der Waals surface area contributed by atoms with Gasteiger partial charge in [-0.1, -0.05) is 0 Å². The highest BCUT2D eigenvalue weighted by molar-refractivity contribution is 5.87. The van der Waals surface area contributed by atoms with Crippen molar-refractivity contribution >= 4 is 22.2 Å². The Morgan fingerprint density at radius 3 is 2.71 bits per heavy atom. The number of rotatable bonds is 0. The van der Waals surface area contributed by atoms with Gasteiger partial charge in [0, 0.05) is 11.6 Å². The van der Waals surface area contributed by atoms with E-state index in [0.717, 1.165) is 0 Å². The summed E-state index contributed by atoms with van der Waals surface area (Å²) in [6.07, 6.45) is -2.97. The normalized spacial score (nSPS) is 12.4. The van der Waals surface area contributed by atoms with E-state index in [1.165, 1.54) is 6.20 Å². The third-order valence-corrected chi connectivity index (χ3v) is 2.31. The van der Waals surface area contributed by atoms with Crippen LogP contribution >= 0.6 is 0 Å². The minimum absolute atomic E-state index is 0.0172. The van der Waals surface area contributed by atoms with E-state index in [1.54, 1.807) is 18.2 Å². The van der Waals surface area contributed by atoms with Gasteiger partial charge in [-0.15, -0.1) is 0 Å². The maximum Gasteiger partial charge on any atom is 0.449 e. The predicted molar refractivity (Wildman–Crippen MR) is 54.2 cm³/mol. The molecule has 0 aliphatic rings. The van der Waals surface area contributed by atoms with Crippen LogP contribution in [0.3, 0.4) is 0 Å². The first kappa shape index (κ1) is 10.0. The van der Waals surface area contributed by atoms with Crippen LogP contribution in [0.4, 0.5) is 13.2 Å². The number of aromatic amines is 1. The van der Waals surface area contributed by atoms with Crippen molar-refractivity contribution in [1.82, 2.24) is 19.9 Å². The smallest absolute Gasteiger partial charge is 0.333 e. The molecule has 3 rings (SSSR count). The molecule has 0 aliphatic heterocycles. The van der Waals surface area contributed by atoms with Crippen LogP contribution in [0.25, 0.3) is 22.2 Å². The van der Waals surface area contributed by atoms with E-state index in [-0.39, 0.29) is 11.2 Å². The van der Waals surface area contributed by atoms with E-state index >= 15 is 0 Å². The van der Waals surface area contributed by atoms with Crippen molar-refractivity contribution in [2.75, 3.05) is 0 Å². The second-order valence-electron chi connectivity index (χ2n) is 3.49. The number of pyridine rings is 2. The number of hydrogen-bond donors (Lipinski definition) is 1. The second-order valence-corrected chi connectivity index (χ2v) is 3.49. The summed E-state index contributed by atoms with van der Waals surface area (Å²) in [5.41, 5.74) is 0.640. The molecular weight excluding hydrogens is 233 g/mol. The van der Waals surface area contributed by atoms with Crippen molar-refractivity contribution in [3.05, 3.63) is 30.2 Å². The first-order valence-corrected chi connectivity index (χ1v) is 4.73. The van der Waals surface area contributed by atoms with Crippen molar-refractivity contribution in [2.45, 2.75) is 6.18 Å². The predicted octanol–water partition coefficient (Wildman–Crippen LogP) is 2.52. The van der Waals surface area contributed by atoms with Gasteiger partial charge < -0.3 is 4.98 Å². The van der Waals surface area contributed by atoms with Crippen molar-refractivity contribution in [3.63, 3.8) is 0 Å². The maximum atomic E-state index is 12.4. The van der Waals surface area contributed by atoms with Gasteiger partial charge in [0.25, 0.3) is 0 Å². The molecule has 1 N–H and O–H groups in total. The number of halogens is 3. The minimum Gasteiger partial charge on any atom is -0.333 e. The monoisotopic (exact) mass is 238 g/mol. The topological polar surface area (TPSA) is 54.5 Å². The number of aromatic nitrogens is 4. The van der Waals surface area contributed by atoms with Gasteiger partial charge in [-0.25, -0.2) is 15.0 Å². The summed E-state index contributed by atoms with van der Waals surface area (Å²) in [7, 11) is 0. The van der Waals surface area contributed by atoms with E-state index in [2.05, 4.69) is 19.9 Å². The third kappa shape index (κ3) is 1.59. The molecule has 0 spiro atoms. The zero-order valence-corrected chi connectivity index (χ0v) is 8.28. The van der Waals surface area contributed by atoms with Crippen LogP contribution in [0.1, 0.15) is 5.82 Å². The highest BCUT2D eigenvalue weighted by Crippen LogP contribution is 2.28. The van der Waals surface area contributed by atoms with E-state index in [4.69, 9.17) is 0 Å². The van der Waals surface area contributed by atoms with Gasteiger partial charge in [0.15, 0.2) is 11.3 Å². The lowest BCUT2D eigenvalue weighted by Crippen LogP contribution is -2.06. The minimum atomic E-state index is -4.50. The molecule has 0 fully saturated rings. The molecule has 3 aromatic heterocycles. The Bertz CT molecular complexity index is 649. The average molecular weight is 238 g/mol. The van der Waals surface area contributed by atoms with Gasteiger partial charge in [0.05, 0.1) is 5.52 Å². The summed E-state index contributed by atoms with van der Waals surface area (Å²) < 4.78 is 37.3. The molecule has 7 heteroatoms. The highest BCUT2D eigenvalue weighted by atomic mass is 19.4. The largest absolute Gasteiger partial charge is 0.449 e. The Hall–Kier alpha value is -2.18. The van der Waals surface area contributed by atoms with Crippen LogP contribution in [0, 0.1) is 0 Å². The summed E-state index contributed by atoms with van der Waals surface area (Å²) >= 11 is 0. The molecule has 0 radical (unpaired) electrons. The Balaban J connectivity index is 2.32. The first-order chi connectivity index (χ1) is 8.04. The number of hydrogen-bond acceptors (Lipinski definition) is 3. The van der Waals surface area contributed by atoms with Crippen LogP contribution in [0.15, 0.2) is 24.4 Å². The van der Waals surface area contributed by atoms with Crippen LogP contribution in [-0.2, 0) is 6.18 Å². The lowest BCUT2D eigenvalue weighted by molar-refractivity contribution is -0.144. The fourth-order valence-corrected chi connectivity index (χ4v) is 1.57.